The van der Waals surface area contributed by atoms with E-state index < -0.39 is 0 Å². The Bertz CT molecular complexity index is 1260. The van der Waals surface area contributed by atoms with Gasteiger partial charge in [-0.1, -0.05) is 80.1 Å². The van der Waals surface area contributed by atoms with Crippen LogP contribution < -0.4 is 9.47 Å². The Morgan fingerprint density at radius 3 is 1.30 bits per heavy atom. The van der Waals surface area contributed by atoms with Gasteiger partial charge < -0.3 is 9.47 Å². The first-order valence-electron chi connectivity index (χ1n) is 17.4. The molecule has 4 nitrogen and oxygen atoms in total. The molecular weight excluding hydrogens is 609 g/mol. The molecule has 2 heterocycles. The number of thiophene rings is 2. The Balaban J connectivity index is 1.71. The molecule has 0 aliphatic rings. The second-order valence-corrected chi connectivity index (χ2v) is 16.6. The third kappa shape index (κ3) is 12.0. The van der Waals surface area contributed by atoms with E-state index >= 15 is 0 Å². The zero-order valence-corrected chi connectivity index (χ0v) is 31.3. The Labute approximate surface area is 287 Å². The van der Waals surface area contributed by atoms with Crippen LogP contribution in [0.3, 0.4) is 0 Å². The van der Waals surface area contributed by atoms with Crippen LogP contribution in [0.2, 0.25) is 0 Å². The van der Waals surface area contributed by atoms with Crippen molar-refractivity contribution in [1.29, 1.82) is 0 Å². The summed E-state index contributed by atoms with van der Waals surface area (Å²) in [5, 5.41) is 0. The van der Waals surface area contributed by atoms with Gasteiger partial charge >= 0.3 is 0 Å². The average molecular weight is 667 g/mol. The van der Waals surface area contributed by atoms with Crippen LogP contribution in [-0.2, 0) is 25.7 Å². The molecule has 0 radical (unpaired) electrons. The minimum atomic E-state index is 0.612. The summed E-state index contributed by atoms with van der Waals surface area (Å²) in [6.45, 7) is 13.9. The normalized spacial score (nSPS) is 12.9. The van der Waals surface area contributed by atoms with Crippen molar-refractivity contribution in [2.45, 2.75) is 119 Å². The number of aldehydes is 2. The lowest BCUT2D eigenvalue weighted by Gasteiger charge is -2.15. The third-order valence-electron chi connectivity index (χ3n) is 9.15. The van der Waals surface area contributed by atoms with Gasteiger partial charge in [0.05, 0.1) is 14.2 Å². The highest BCUT2D eigenvalue weighted by atomic mass is 32.1. The molecule has 0 N–H and O–H groups in total. The molecule has 0 amide bonds. The van der Waals surface area contributed by atoms with Gasteiger partial charge in [0.15, 0.2) is 12.6 Å². The van der Waals surface area contributed by atoms with Crippen LogP contribution in [0.4, 0.5) is 0 Å². The molecule has 0 saturated heterocycles. The van der Waals surface area contributed by atoms with Crippen molar-refractivity contribution in [2.24, 2.45) is 23.7 Å². The third-order valence-corrected chi connectivity index (χ3v) is 11.6. The SMILES string of the molecule is COc1cc(Cc2sc(CCC(C)CCCC(C)C)cc2C=O)c(OC)cc1Cc1sc(CCC(C)CCCC(C)C)cc1C=O. The molecule has 0 aliphatic carbocycles. The van der Waals surface area contributed by atoms with Crippen LogP contribution >= 0.6 is 22.7 Å². The van der Waals surface area contributed by atoms with Crippen molar-refractivity contribution in [2.75, 3.05) is 14.2 Å². The summed E-state index contributed by atoms with van der Waals surface area (Å²) >= 11 is 3.49. The van der Waals surface area contributed by atoms with E-state index in [1.54, 1.807) is 36.9 Å². The molecule has 1 aromatic carbocycles. The van der Waals surface area contributed by atoms with Crippen molar-refractivity contribution in [3.63, 3.8) is 0 Å². The Morgan fingerprint density at radius 2 is 0.978 bits per heavy atom. The summed E-state index contributed by atoms with van der Waals surface area (Å²) in [5.41, 5.74) is 3.54. The van der Waals surface area contributed by atoms with Crippen LogP contribution in [0.25, 0.3) is 0 Å². The van der Waals surface area contributed by atoms with Crippen LogP contribution in [0.5, 0.6) is 11.5 Å². The lowest BCUT2D eigenvalue weighted by atomic mass is 9.95. The first-order chi connectivity index (χ1) is 22.1. The summed E-state index contributed by atoms with van der Waals surface area (Å²) in [4.78, 5) is 28.8. The lowest BCUT2D eigenvalue weighted by molar-refractivity contribution is 0.111. The molecule has 3 aromatic rings. The monoisotopic (exact) mass is 666 g/mol. The Kier molecular flexibility index (Phi) is 16.0. The van der Waals surface area contributed by atoms with E-state index in [1.165, 1.54) is 48.3 Å². The van der Waals surface area contributed by atoms with Gasteiger partial charge in [-0.2, -0.15) is 0 Å². The van der Waals surface area contributed by atoms with Crippen molar-refractivity contribution in [3.8, 4) is 11.5 Å². The van der Waals surface area contributed by atoms with Crippen molar-refractivity contribution in [3.05, 3.63) is 66.0 Å². The van der Waals surface area contributed by atoms with Gasteiger partial charge in [0.25, 0.3) is 0 Å². The minimum absolute atomic E-state index is 0.612. The van der Waals surface area contributed by atoms with Gasteiger partial charge in [-0.25, -0.2) is 0 Å². The number of carbonyl (C=O) groups is 2. The van der Waals surface area contributed by atoms with E-state index in [0.717, 1.165) is 93.6 Å². The molecule has 2 unspecified atom stereocenters. The van der Waals surface area contributed by atoms with Gasteiger partial charge in [-0.3, -0.25) is 9.59 Å². The maximum atomic E-state index is 12.0. The fraction of sp³-hybridized carbons (Fsp3) is 0.600. The molecule has 0 bridgehead atoms. The molecule has 2 aromatic heterocycles. The summed E-state index contributed by atoms with van der Waals surface area (Å²) in [5.74, 6) is 4.45. The highest BCUT2D eigenvalue weighted by Gasteiger charge is 2.19. The zero-order chi connectivity index (χ0) is 33.6. The average Bonchev–Trinajstić information content (AvgIpc) is 3.61. The van der Waals surface area contributed by atoms with E-state index in [9.17, 15) is 9.59 Å². The highest BCUT2D eigenvalue weighted by Crippen LogP contribution is 2.36. The molecule has 0 saturated carbocycles. The summed E-state index contributed by atoms with van der Waals surface area (Å²) in [6.07, 6.45) is 15.2. The first kappa shape index (κ1) is 38.0. The van der Waals surface area contributed by atoms with Gasteiger partial charge in [-0.05, 0) is 73.6 Å². The molecule has 6 heteroatoms. The van der Waals surface area contributed by atoms with Crippen molar-refractivity contribution >= 4 is 35.2 Å². The van der Waals surface area contributed by atoms with Gasteiger partial charge in [0.1, 0.15) is 11.5 Å². The van der Waals surface area contributed by atoms with E-state index in [1.807, 2.05) is 12.1 Å². The van der Waals surface area contributed by atoms with Gasteiger partial charge in [-0.15, -0.1) is 22.7 Å². The van der Waals surface area contributed by atoms with Gasteiger partial charge in [0.2, 0.25) is 0 Å². The van der Waals surface area contributed by atoms with Crippen LogP contribution in [-0.4, -0.2) is 26.8 Å². The summed E-state index contributed by atoms with van der Waals surface area (Å²) < 4.78 is 11.8. The predicted molar refractivity (Wildman–Crippen MR) is 197 cm³/mol. The number of hydrogen-bond donors (Lipinski definition) is 0. The fourth-order valence-corrected chi connectivity index (χ4v) is 8.53. The number of ether oxygens (including phenoxy) is 2. The molecule has 3 rings (SSSR count). The fourth-order valence-electron chi connectivity index (χ4n) is 6.18. The topological polar surface area (TPSA) is 52.6 Å². The van der Waals surface area contributed by atoms with E-state index in [0.29, 0.717) is 24.7 Å². The first-order valence-corrected chi connectivity index (χ1v) is 19.1. The highest BCUT2D eigenvalue weighted by molar-refractivity contribution is 7.12. The summed E-state index contributed by atoms with van der Waals surface area (Å²) in [6, 6.07) is 8.25. The number of carbonyl (C=O) groups excluding carboxylic acids is 2. The molecule has 254 valence electrons. The van der Waals surface area contributed by atoms with Gasteiger partial charge in [0, 0.05) is 54.6 Å². The standard InChI is InChI=1S/C40H58O4S2/c1-27(2)11-9-13-29(5)15-17-35-19-33(25-41)39(45-35)23-31-21-38(44-8)32(22-37(31)43-7)24-40-34(26-42)20-36(46-40)18-16-30(6)14-10-12-28(3)4/h19-22,25-30H,9-18,23-24H2,1-8H3. The number of aryl methyl sites for hydroxylation is 2. The number of rotatable bonds is 22. The van der Waals surface area contributed by atoms with Crippen LogP contribution in [0, 0.1) is 23.7 Å². The quantitative estimate of drug-likeness (QED) is 0.100. The van der Waals surface area contributed by atoms with Crippen LogP contribution in [0.1, 0.15) is 144 Å². The smallest absolute Gasteiger partial charge is 0.151 e. The molecule has 2 atom stereocenters. The Hall–Kier alpha value is -2.44. The second kappa shape index (κ2) is 19.4. The maximum Gasteiger partial charge on any atom is 0.151 e. The predicted octanol–water partition coefficient (Wildman–Crippen LogP) is 11.4. The zero-order valence-electron chi connectivity index (χ0n) is 29.7. The number of methoxy groups -OCH3 is 2. The molecule has 46 heavy (non-hydrogen) atoms. The van der Waals surface area contributed by atoms with E-state index in [4.69, 9.17) is 9.47 Å². The van der Waals surface area contributed by atoms with Crippen LogP contribution in [0.15, 0.2) is 24.3 Å². The number of benzene rings is 1. The number of hydrogen-bond acceptors (Lipinski definition) is 6. The van der Waals surface area contributed by atoms with E-state index in [2.05, 4.69) is 53.7 Å². The largest absolute Gasteiger partial charge is 0.496 e. The molecule has 0 aliphatic heterocycles. The Morgan fingerprint density at radius 1 is 0.587 bits per heavy atom. The molecule has 0 fully saturated rings. The van der Waals surface area contributed by atoms with E-state index in [-0.39, 0.29) is 0 Å². The maximum absolute atomic E-state index is 12.0. The van der Waals surface area contributed by atoms with Crippen molar-refractivity contribution < 1.29 is 19.1 Å². The second-order valence-electron chi connectivity index (χ2n) is 14.2. The molecular formula is C40H58O4S2. The lowest BCUT2D eigenvalue weighted by Crippen LogP contribution is -2.00. The summed E-state index contributed by atoms with van der Waals surface area (Å²) in [7, 11) is 3.39. The minimum Gasteiger partial charge on any atom is -0.496 e. The van der Waals surface area contributed by atoms with Crippen molar-refractivity contribution in [1.82, 2.24) is 0 Å². The molecule has 0 spiro atoms.